The van der Waals surface area contributed by atoms with Gasteiger partial charge in [0.25, 0.3) is 5.91 Å². The molecule has 2 rings (SSSR count). The molecule has 1 atom stereocenters. The lowest BCUT2D eigenvalue weighted by atomic mass is 10.1. The van der Waals surface area contributed by atoms with Crippen LogP contribution in [0.1, 0.15) is 29.0 Å². The van der Waals surface area contributed by atoms with Crippen molar-refractivity contribution in [2.24, 2.45) is 12.2 Å². The van der Waals surface area contributed by atoms with Crippen LogP contribution >= 0.6 is 0 Å². The maximum absolute atomic E-state index is 12.0. The lowest BCUT2D eigenvalue weighted by Gasteiger charge is -2.14. The molecule has 21 heavy (non-hydrogen) atoms. The van der Waals surface area contributed by atoms with Gasteiger partial charge < -0.3 is 5.32 Å². The monoisotopic (exact) mass is 308 g/mol. The summed E-state index contributed by atoms with van der Waals surface area (Å²) < 4.78 is 23.8. The zero-order valence-corrected chi connectivity index (χ0v) is 12.5. The number of nitrogens with zero attached hydrogens (tertiary/aromatic N) is 2. The molecule has 0 aliphatic carbocycles. The maximum atomic E-state index is 12.0. The highest BCUT2D eigenvalue weighted by Crippen LogP contribution is 2.16. The standard InChI is InChI=1S/C13H16N4O3S/c1-9(16-13(18)12-7-8-15-17(12)2)10-3-5-11(6-4-10)21(14,19)20/h3-9H,1-2H3,(H,16,18)(H2,14,19,20). The van der Waals surface area contributed by atoms with Crippen LogP contribution in [0, 0.1) is 0 Å². The van der Waals surface area contributed by atoms with Gasteiger partial charge in [0, 0.05) is 13.2 Å². The molecule has 112 valence electrons. The van der Waals surface area contributed by atoms with E-state index >= 15 is 0 Å². The Morgan fingerprint density at radius 1 is 1.29 bits per heavy atom. The highest BCUT2D eigenvalue weighted by Gasteiger charge is 2.15. The Balaban J connectivity index is 2.12. The van der Waals surface area contributed by atoms with E-state index in [0.29, 0.717) is 5.69 Å². The number of nitrogens with one attached hydrogen (secondary N) is 1. The van der Waals surface area contributed by atoms with Gasteiger partial charge in [0.15, 0.2) is 0 Å². The van der Waals surface area contributed by atoms with E-state index in [-0.39, 0.29) is 16.8 Å². The molecule has 0 aliphatic heterocycles. The first-order chi connectivity index (χ1) is 9.79. The van der Waals surface area contributed by atoms with Gasteiger partial charge in [-0.1, -0.05) is 12.1 Å². The predicted octanol–water partition coefficient (Wildman–Crippen LogP) is 0.559. The number of hydrogen-bond donors (Lipinski definition) is 2. The average Bonchev–Trinajstić information content (AvgIpc) is 2.84. The quantitative estimate of drug-likeness (QED) is 0.860. The molecule has 1 heterocycles. The summed E-state index contributed by atoms with van der Waals surface area (Å²) in [5, 5.41) is 11.8. The fourth-order valence-corrected chi connectivity index (χ4v) is 2.41. The molecule has 2 aromatic rings. The van der Waals surface area contributed by atoms with Crippen LogP contribution in [-0.2, 0) is 17.1 Å². The van der Waals surface area contributed by atoms with Gasteiger partial charge in [0.2, 0.25) is 10.0 Å². The third-order valence-electron chi connectivity index (χ3n) is 3.11. The molecule has 0 spiro atoms. The highest BCUT2D eigenvalue weighted by molar-refractivity contribution is 7.89. The first kappa shape index (κ1) is 15.2. The summed E-state index contributed by atoms with van der Waals surface area (Å²) in [5.74, 6) is -0.252. The molecule has 1 aromatic heterocycles. The van der Waals surface area contributed by atoms with E-state index in [1.807, 2.05) is 0 Å². The van der Waals surface area contributed by atoms with Gasteiger partial charge in [-0.3, -0.25) is 9.48 Å². The van der Waals surface area contributed by atoms with Gasteiger partial charge in [0.05, 0.1) is 10.9 Å². The topological polar surface area (TPSA) is 107 Å². The molecule has 1 aromatic carbocycles. The van der Waals surface area contributed by atoms with Crippen LogP contribution in [-0.4, -0.2) is 24.1 Å². The number of aryl methyl sites for hydroxylation is 1. The molecule has 0 fully saturated rings. The van der Waals surface area contributed by atoms with Crippen molar-refractivity contribution in [1.29, 1.82) is 0 Å². The summed E-state index contributed by atoms with van der Waals surface area (Å²) in [5.41, 5.74) is 1.22. The minimum absolute atomic E-state index is 0.0383. The third kappa shape index (κ3) is 3.47. The van der Waals surface area contributed by atoms with Gasteiger partial charge in [-0.2, -0.15) is 5.10 Å². The van der Waals surface area contributed by atoms with E-state index in [1.165, 1.54) is 16.8 Å². The number of aromatic nitrogens is 2. The Morgan fingerprint density at radius 2 is 1.90 bits per heavy atom. The Kier molecular flexibility index (Phi) is 4.10. The number of sulfonamides is 1. The van der Waals surface area contributed by atoms with Crippen molar-refractivity contribution in [3.05, 3.63) is 47.8 Å². The summed E-state index contributed by atoms with van der Waals surface area (Å²) in [6, 6.07) is 7.41. The van der Waals surface area contributed by atoms with Crippen LogP contribution in [0.25, 0.3) is 0 Å². The minimum atomic E-state index is -3.71. The molecule has 1 unspecified atom stereocenters. The average molecular weight is 308 g/mol. The largest absolute Gasteiger partial charge is 0.344 e. The second kappa shape index (κ2) is 5.66. The van der Waals surface area contributed by atoms with Crippen molar-refractivity contribution >= 4 is 15.9 Å². The molecule has 0 bridgehead atoms. The van der Waals surface area contributed by atoms with Crippen molar-refractivity contribution in [2.45, 2.75) is 17.9 Å². The number of nitrogens with two attached hydrogens (primary N) is 1. The molecular formula is C13H16N4O3S. The summed E-state index contributed by atoms with van der Waals surface area (Å²) >= 11 is 0. The van der Waals surface area contributed by atoms with E-state index in [4.69, 9.17) is 5.14 Å². The molecule has 1 amide bonds. The molecule has 0 radical (unpaired) electrons. The SMILES string of the molecule is CC(NC(=O)c1ccnn1C)c1ccc(S(N)(=O)=O)cc1. The summed E-state index contributed by atoms with van der Waals surface area (Å²) in [7, 11) is -2.03. The first-order valence-corrected chi connectivity index (χ1v) is 7.75. The molecule has 7 nitrogen and oxygen atoms in total. The number of carbonyl (C=O) groups excluding carboxylic acids is 1. The van der Waals surface area contributed by atoms with Crippen LogP contribution in [0.15, 0.2) is 41.4 Å². The Morgan fingerprint density at radius 3 is 2.38 bits per heavy atom. The predicted molar refractivity (Wildman–Crippen MR) is 76.9 cm³/mol. The maximum Gasteiger partial charge on any atom is 0.270 e. The van der Waals surface area contributed by atoms with Crippen molar-refractivity contribution in [3.8, 4) is 0 Å². The van der Waals surface area contributed by atoms with Crippen LogP contribution in [0.5, 0.6) is 0 Å². The fraction of sp³-hybridized carbons (Fsp3) is 0.231. The zero-order chi connectivity index (χ0) is 15.6. The smallest absolute Gasteiger partial charge is 0.270 e. The van der Waals surface area contributed by atoms with Crippen molar-refractivity contribution in [1.82, 2.24) is 15.1 Å². The number of amides is 1. The van der Waals surface area contributed by atoms with Gasteiger partial charge in [0.1, 0.15) is 5.69 Å². The van der Waals surface area contributed by atoms with E-state index in [0.717, 1.165) is 5.56 Å². The normalized spacial score (nSPS) is 12.9. The fourth-order valence-electron chi connectivity index (χ4n) is 1.90. The Bertz CT molecular complexity index is 750. The number of carbonyl (C=O) groups is 1. The summed E-state index contributed by atoms with van der Waals surface area (Å²) in [6.07, 6.45) is 1.54. The van der Waals surface area contributed by atoms with Crippen molar-refractivity contribution in [3.63, 3.8) is 0 Å². The van der Waals surface area contributed by atoms with E-state index in [1.54, 1.807) is 38.4 Å². The molecule has 0 aliphatic rings. The van der Waals surface area contributed by atoms with Gasteiger partial charge >= 0.3 is 0 Å². The Hall–Kier alpha value is -2.19. The zero-order valence-electron chi connectivity index (χ0n) is 11.6. The van der Waals surface area contributed by atoms with E-state index in [2.05, 4.69) is 10.4 Å². The Labute approximate surface area is 122 Å². The van der Waals surface area contributed by atoms with Crippen LogP contribution in [0.3, 0.4) is 0 Å². The summed E-state index contributed by atoms with van der Waals surface area (Å²) in [6.45, 7) is 1.81. The molecule has 3 N–H and O–H groups in total. The van der Waals surface area contributed by atoms with Gasteiger partial charge in [-0.05, 0) is 30.7 Å². The van der Waals surface area contributed by atoms with Crippen molar-refractivity contribution in [2.75, 3.05) is 0 Å². The number of rotatable bonds is 4. The second-order valence-corrected chi connectivity index (χ2v) is 6.21. The van der Waals surface area contributed by atoms with Crippen molar-refractivity contribution < 1.29 is 13.2 Å². The van der Waals surface area contributed by atoms with Crippen LogP contribution < -0.4 is 10.5 Å². The van der Waals surface area contributed by atoms with Crippen LogP contribution in [0.2, 0.25) is 0 Å². The number of primary sulfonamides is 1. The molecule has 0 saturated carbocycles. The number of benzene rings is 1. The summed E-state index contributed by atoms with van der Waals surface area (Å²) in [4.78, 5) is 12.1. The first-order valence-electron chi connectivity index (χ1n) is 6.20. The highest BCUT2D eigenvalue weighted by atomic mass is 32.2. The molecule has 8 heteroatoms. The lowest BCUT2D eigenvalue weighted by molar-refractivity contribution is 0.0930. The van der Waals surface area contributed by atoms with E-state index < -0.39 is 10.0 Å². The van der Waals surface area contributed by atoms with Gasteiger partial charge in [-0.25, -0.2) is 13.6 Å². The second-order valence-electron chi connectivity index (χ2n) is 4.65. The number of hydrogen-bond acceptors (Lipinski definition) is 4. The van der Waals surface area contributed by atoms with Crippen LogP contribution in [0.4, 0.5) is 0 Å². The van der Waals surface area contributed by atoms with E-state index in [9.17, 15) is 13.2 Å². The minimum Gasteiger partial charge on any atom is -0.344 e. The third-order valence-corrected chi connectivity index (χ3v) is 4.04. The molecular weight excluding hydrogens is 292 g/mol. The molecule has 0 saturated heterocycles. The lowest BCUT2D eigenvalue weighted by Crippen LogP contribution is -2.28. The van der Waals surface area contributed by atoms with Gasteiger partial charge in [-0.15, -0.1) is 0 Å².